The first-order chi connectivity index (χ1) is 12.5. The fourth-order valence-electron chi connectivity index (χ4n) is 1.98. The van der Waals surface area contributed by atoms with Gasteiger partial charge in [-0.1, -0.05) is 6.07 Å². The number of thiophene rings is 1. The molecule has 0 radical (unpaired) electrons. The quantitative estimate of drug-likeness (QED) is 0.478. The molecule has 0 unspecified atom stereocenters. The minimum Gasteiger partial charge on any atom is -0.362 e. The lowest BCUT2D eigenvalue weighted by molar-refractivity contribution is 0.105. The van der Waals surface area contributed by atoms with Gasteiger partial charge in [0, 0.05) is 30.4 Å². The number of anilines is 2. The number of ketones is 1. The number of hydrogen-bond acceptors (Lipinski definition) is 7. The van der Waals surface area contributed by atoms with E-state index in [2.05, 4.69) is 20.0 Å². The first-order valence-electron chi connectivity index (χ1n) is 7.45. The highest BCUT2D eigenvalue weighted by atomic mass is 32.2. The molecular weight excluding hydrogens is 372 g/mol. The third-order valence-electron chi connectivity index (χ3n) is 3.20. The van der Waals surface area contributed by atoms with E-state index in [1.54, 1.807) is 24.3 Å². The molecule has 3 aromatic rings. The number of allylic oxidation sites excluding steroid dienone is 1. The largest absolute Gasteiger partial charge is 0.362 e. The molecular formula is C17H14N4O3S2. The van der Waals surface area contributed by atoms with Gasteiger partial charge in [-0.15, -0.1) is 11.3 Å². The summed E-state index contributed by atoms with van der Waals surface area (Å²) in [5.74, 6) is -0.0940. The van der Waals surface area contributed by atoms with Gasteiger partial charge in [-0.2, -0.15) is 0 Å². The van der Waals surface area contributed by atoms with E-state index in [0.717, 1.165) is 0 Å². The van der Waals surface area contributed by atoms with Gasteiger partial charge in [0.15, 0.2) is 5.78 Å². The molecule has 0 atom stereocenters. The molecule has 0 aliphatic carbocycles. The molecule has 0 aliphatic heterocycles. The molecule has 0 saturated carbocycles. The summed E-state index contributed by atoms with van der Waals surface area (Å²) in [6, 6.07) is 11.2. The van der Waals surface area contributed by atoms with Crippen molar-refractivity contribution in [2.24, 2.45) is 0 Å². The Morgan fingerprint density at radius 3 is 2.42 bits per heavy atom. The fraction of sp³-hybridized carbons (Fsp3) is 0. The summed E-state index contributed by atoms with van der Waals surface area (Å²) in [5.41, 5.74) is 0.648. The number of sulfonamides is 1. The first-order valence-corrected chi connectivity index (χ1v) is 9.82. The second-order valence-electron chi connectivity index (χ2n) is 5.02. The molecule has 9 heteroatoms. The van der Waals surface area contributed by atoms with Gasteiger partial charge in [-0.25, -0.2) is 23.1 Å². The first kappa shape index (κ1) is 17.8. The van der Waals surface area contributed by atoms with Crippen molar-refractivity contribution >= 4 is 38.8 Å². The zero-order valence-corrected chi connectivity index (χ0v) is 15.0. The third kappa shape index (κ3) is 4.52. The summed E-state index contributed by atoms with van der Waals surface area (Å²) in [6.45, 7) is 0. The second kappa shape index (κ2) is 7.89. The van der Waals surface area contributed by atoms with Gasteiger partial charge < -0.3 is 5.32 Å². The van der Waals surface area contributed by atoms with E-state index in [0.29, 0.717) is 10.6 Å². The molecule has 0 spiro atoms. The van der Waals surface area contributed by atoms with Gasteiger partial charge >= 0.3 is 0 Å². The molecule has 0 aliphatic rings. The standard InChI is InChI=1S/C17H14N4O3S2/c22-15(16-3-1-12-25-16)8-11-18-13-4-6-14(7-5-13)26(23,24)21-17-19-9-2-10-20-17/h1-12,18H,(H,19,20,21)/b11-8-. The van der Waals surface area contributed by atoms with Crippen LogP contribution in [-0.2, 0) is 10.0 Å². The van der Waals surface area contributed by atoms with Crippen molar-refractivity contribution in [3.05, 3.63) is 77.4 Å². The summed E-state index contributed by atoms with van der Waals surface area (Å²) < 4.78 is 26.9. The van der Waals surface area contributed by atoms with Crippen molar-refractivity contribution in [2.45, 2.75) is 4.90 Å². The fourth-order valence-corrected chi connectivity index (χ4v) is 3.58. The number of aromatic nitrogens is 2. The van der Waals surface area contributed by atoms with Gasteiger partial charge in [0.25, 0.3) is 10.0 Å². The molecule has 0 fully saturated rings. The monoisotopic (exact) mass is 386 g/mol. The molecule has 0 bridgehead atoms. The highest BCUT2D eigenvalue weighted by molar-refractivity contribution is 7.92. The molecule has 3 rings (SSSR count). The number of carbonyl (C=O) groups excluding carboxylic acids is 1. The second-order valence-corrected chi connectivity index (χ2v) is 7.65. The molecule has 0 saturated heterocycles. The number of benzene rings is 1. The predicted molar refractivity (Wildman–Crippen MR) is 101 cm³/mol. The Bertz CT molecular complexity index is 1000. The maximum Gasteiger partial charge on any atom is 0.264 e. The molecule has 7 nitrogen and oxygen atoms in total. The third-order valence-corrected chi connectivity index (χ3v) is 5.43. The van der Waals surface area contributed by atoms with Crippen LogP contribution < -0.4 is 10.0 Å². The number of hydrogen-bond donors (Lipinski definition) is 2. The maximum absolute atomic E-state index is 12.3. The van der Waals surface area contributed by atoms with Crippen molar-refractivity contribution in [2.75, 3.05) is 10.0 Å². The minimum absolute atomic E-state index is 0.00437. The summed E-state index contributed by atoms with van der Waals surface area (Å²) in [7, 11) is -3.77. The Balaban J connectivity index is 1.64. The lowest BCUT2D eigenvalue weighted by Gasteiger charge is -2.07. The van der Waals surface area contributed by atoms with Gasteiger partial charge in [0.1, 0.15) is 0 Å². The van der Waals surface area contributed by atoms with Crippen molar-refractivity contribution < 1.29 is 13.2 Å². The summed E-state index contributed by atoms with van der Waals surface area (Å²) in [5, 5.41) is 4.76. The summed E-state index contributed by atoms with van der Waals surface area (Å²) >= 11 is 1.37. The van der Waals surface area contributed by atoms with Crippen LogP contribution in [0.15, 0.2) is 77.4 Å². The molecule has 1 aromatic carbocycles. The van der Waals surface area contributed by atoms with Crippen LogP contribution in [0.1, 0.15) is 9.67 Å². The van der Waals surface area contributed by atoms with Crippen LogP contribution in [0.4, 0.5) is 11.6 Å². The van der Waals surface area contributed by atoms with E-state index < -0.39 is 10.0 Å². The topological polar surface area (TPSA) is 101 Å². The minimum atomic E-state index is -3.77. The summed E-state index contributed by atoms with van der Waals surface area (Å²) in [4.78, 5) is 20.2. The normalized spacial score (nSPS) is 11.4. The molecule has 0 amide bonds. The Morgan fingerprint density at radius 1 is 1.04 bits per heavy atom. The molecule has 26 heavy (non-hydrogen) atoms. The van der Waals surface area contributed by atoms with Gasteiger partial charge in [-0.05, 0) is 41.8 Å². The Morgan fingerprint density at radius 2 is 1.77 bits per heavy atom. The van der Waals surface area contributed by atoms with E-state index >= 15 is 0 Å². The van der Waals surface area contributed by atoms with E-state index in [1.807, 2.05) is 11.4 Å². The van der Waals surface area contributed by atoms with E-state index in [4.69, 9.17) is 0 Å². The Kier molecular flexibility index (Phi) is 5.40. The average molecular weight is 386 g/mol. The smallest absolute Gasteiger partial charge is 0.264 e. The van der Waals surface area contributed by atoms with Crippen LogP contribution in [0.2, 0.25) is 0 Å². The van der Waals surface area contributed by atoms with Crippen LogP contribution in [0, 0.1) is 0 Å². The van der Waals surface area contributed by atoms with Crippen molar-refractivity contribution in [1.82, 2.24) is 9.97 Å². The zero-order chi connectivity index (χ0) is 18.4. The van der Waals surface area contributed by atoms with Gasteiger partial charge in [0.2, 0.25) is 5.95 Å². The van der Waals surface area contributed by atoms with E-state index in [-0.39, 0.29) is 16.6 Å². The van der Waals surface area contributed by atoms with Crippen LogP contribution >= 0.6 is 11.3 Å². The highest BCUT2D eigenvalue weighted by Gasteiger charge is 2.15. The predicted octanol–water partition coefficient (Wildman–Crippen LogP) is 3.15. The van der Waals surface area contributed by atoms with E-state index in [9.17, 15) is 13.2 Å². The number of nitrogens with zero attached hydrogens (tertiary/aromatic N) is 2. The zero-order valence-electron chi connectivity index (χ0n) is 13.4. The van der Waals surface area contributed by atoms with Gasteiger partial charge in [-0.3, -0.25) is 4.79 Å². The maximum atomic E-state index is 12.3. The van der Waals surface area contributed by atoms with Crippen molar-refractivity contribution in [3.8, 4) is 0 Å². The molecule has 2 heterocycles. The van der Waals surface area contributed by atoms with Crippen molar-refractivity contribution in [3.63, 3.8) is 0 Å². The molecule has 2 N–H and O–H groups in total. The number of nitrogens with one attached hydrogen (secondary N) is 2. The lowest BCUT2D eigenvalue weighted by Crippen LogP contribution is -2.14. The Hall–Kier alpha value is -3.04. The van der Waals surface area contributed by atoms with E-state index in [1.165, 1.54) is 48.1 Å². The molecule has 132 valence electrons. The number of rotatable bonds is 7. The average Bonchev–Trinajstić information content (AvgIpc) is 3.17. The van der Waals surface area contributed by atoms with Crippen LogP contribution in [0.5, 0.6) is 0 Å². The highest BCUT2D eigenvalue weighted by Crippen LogP contribution is 2.16. The SMILES string of the molecule is O=C(/C=C\Nc1ccc(S(=O)(=O)Nc2ncccn2)cc1)c1cccs1. The van der Waals surface area contributed by atoms with Crippen LogP contribution in [-0.4, -0.2) is 24.2 Å². The lowest BCUT2D eigenvalue weighted by atomic mass is 10.3. The molecule has 2 aromatic heterocycles. The Labute approximate surface area is 154 Å². The van der Waals surface area contributed by atoms with Gasteiger partial charge in [0.05, 0.1) is 9.77 Å². The van der Waals surface area contributed by atoms with Crippen LogP contribution in [0.25, 0.3) is 0 Å². The number of carbonyl (C=O) groups is 1. The summed E-state index contributed by atoms with van der Waals surface area (Å²) in [6.07, 6.45) is 5.83. The van der Waals surface area contributed by atoms with Crippen LogP contribution in [0.3, 0.4) is 0 Å². The van der Waals surface area contributed by atoms with Crippen molar-refractivity contribution in [1.29, 1.82) is 0 Å².